The Kier molecular flexibility index (Phi) is 3.09. The van der Waals surface area contributed by atoms with E-state index in [1.807, 2.05) is 13.1 Å². The minimum absolute atomic E-state index is 0.0221. The standard InChI is InChI=1S/C10H14N4OS/c1-2-3-13-4-5-14(10(13)15)7-8-6-12-9(11)16-8/h4-6H,2-3,7H2,1H3,(H2,11,12). The lowest BCUT2D eigenvalue weighted by atomic mass is 10.5. The van der Waals surface area contributed by atoms with Gasteiger partial charge in [0.2, 0.25) is 0 Å². The molecular weight excluding hydrogens is 224 g/mol. The van der Waals surface area contributed by atoms with E-state index in [1.54, 1.807) is 21.5 Å². The molecule has 2 N–H and O–H groups in total. The van der Waals surface area contributed by atoms with Crippen molar-refractivity contribution in [3.05, 3.63) is 34.0 Å². The van der Waals surface area contributed by atoms with Crippen molar-refractivity contribution in [3.8, 4) is 0 Å². The second kappa shape index (κ2) is 4.52. The fourth-order valence-corrected chi connectivity index (χ4v) is 2.23. The second-order valence-corrected chi connectivity index (χ2v) is 4.71. The Balaban J connectivity index is 2.19. The lowest BCUT2D eigenvalue weighted by Crippen LogP contribution is -2.24. The first-order chi connectivity index (χ1) is 7.70. The van der Waals surface area contributed by atoms with Crippen molar-refractivity contribution >= 4 is 16.5 Å². The van der Waals surface area contributed by atoms with E-state index >= 15 is 0 Å². The predicted molar refractivity (Wildman–Crippen MR) is 64.6 cm³/mol. The number of anilines is 1. The van der Waals surface area contributed by atoms with Crippen molar-refractivity contribution in [1.29, 1.82) is 0 Å². The molecule has 0 saturated heterocycles. The van der Waals surface area contributed by atoms with Crippen LogP contribution in [0.4, 0.5) is 5.13 Å². The van der Waals surface area contributed by atoms with Crippen LogP contribution in [-0.2, 0) is 13.1 Å². The summed E-state index contributed by atoms with van der Waals surface area (Å²) in [6.45, 7) is 3.36. The molecule has 0 aliphatic carbocycles. The van der Waals surface area contributed by atoms with E-state index in [0.29, 0.717) is 11.7 Å². The molecular formula is C10H14N4OS. The number of nitrogens with zero attached hydrogens (tertiary/aromatic N) is 3. The van der Waals surface area contributed by atoms with Gasteiger partial charge >= 0.3 is 5.69 Å². The zero-order chi connectivity index (χ0) is 11.5. The first-order valence-electron chi connectivity index (χ1n) is 5.16. The third-order valence-electron chi connectivity index (χ3n) is 2.28. The number of hydrogen-bond acceptors (Lipinski definition) is 4. The molecule has 0 aliphatic heterocycles. The Bertz CT molecular complexity index is 525. The van der Waals surface area contributed by atoms with Gasteiger partial charge in [-0.25, -0.2) is 9.78 Å². The molecule has 0 fully saturated rings. The zero-order valence-corrected chi connectivity index (χ0v) is 9.91. The zero-order valence-electron chi connectivity index (χ0n) is 9.09. The van der Waals surface area contributed by atoms with Crippen LogP contribution in [0, 0.1) is 0 Å². The maximum Gasteiger partial charge on any atom is 0.328 e. The van der Waals surface area contributed by atoms with Crippen molar-refractivity contribution in [2.45, 2.75) is 26.4 Å². The normalized spacial score (nSPS) is 10.8. The summed E-state index contributed by atoms with van der Waals surface area (Å²) >= 11 is 1.41. The van der Waals surface area contributed by atoms with Crippen LogP contribution in [0.1, 0.15) is 18.2 Å². The molecule has 0 unspecified atom stereocenters. The number of nitrogens with two attached hydrogens (primary N) is 1. The molecule has 16 heavy (non-hydrogen) atoms. The molecule has 6 heteroatoms. The summed E-state index contributed by atoms with van der Waals surface area (Å²) in [5, 5.41) is 0.538. The van der Waals surface area contributed by atoms with Gasteiger partial charge in [0.15, 0.2) is 5.13 Å². The van der Waals surface area contributed by atoms with Crippen molar-refractivity contribution < 1.29 is 0 Å². The highest BCUT2D eigenvalue weighted by Crippen LogP contribution is 2.14. The van der Waals surface area contributed by atoms with Crippen LogP contribution >= 0.6 is 11.3 Å². The molecule has 86 valence electrons. The molecule has 0 amide bonds. The first-order valence-corrected chi connectivity index (χ1v) is 5.98. The fraction of sp³-hybridized carbons (Fsp3) is 0.400. The van der Waals surface area contributed by atoms with Crippen LogP contribution in [-0.4, -0.2) is 14.1 Å². The molecule has 2 heterocycles. The number of nitrogen functional groups attached to an aromatic ring is 1. The molecule has 0 radical (unpaired) electrons. The summed E-state index contributed by atoms with van der Waals surface area (Å²) in [6, 6.07) is 0. The van der Waals surface area contributed by atoms with Crippen molar-refractivity contribution in [3.63, 3.8) is 0 Å². The van der Waals surface area contributed by atoms with Crippen molar-refractivity contribution in [2.24, 2.45) is 0 Å². The molecule has 5 nitrogen and oxygen atoms in total. The van der Waals surface area contributed by atoms with Crippen LogP contribution in [0.3, 0.4) is 0 Å². The summed E-state index contributed by atoms with van der Waals surface area (Å²) in [5.41, 5.74) is 5.56. The Morgan fingerprint density at radius 3 is 2.81 bits per heavy atom. The maximum absolute atomic E-state index is 11.8. The van der Waals surface area contributed by atoms with Gasteiger partial charge in [0.1, 0.15) is 0 Å². The summed E-state index contributed by atoms with van der Waals surface area (Å²) in [6.07, 6.45) is 6.28. The molecule has 0 atom stereocenters. The SMILES string of the molecule is CCCn1ccn(Cc2cnc(N)s2)c1=O. The van der Waals surface area contributed by atoms with Crippen molar-refractivity contribution in [1.82, 2.24) is 14.1 Å². The van der Waals surface area contributed by atoms with E-state index < -0.39 is 0 Å². The smallest absolute Gasteiger partial charge is 0.328 e. The molecule has 0 bridgehead atoms. The fourth-order valence-electron chi connectivity index (χ4n) is 1.55. The highest BCUT2D eigenvalue weighted by Gasteiger charge is 2.05. The Morgan fingerprint density at radius 1 is 1.44 bits per heavy atom. The molecule has 2 rings (SSSR count). The van der Waals surface area contributed by atoms with Crippen LogP contribution < -0.4 is 11.4 Å². The highest BCUT2D eigenvalue weighted by molar-refractivity contribution is 7.15. The van der Waals surface area contributed by atoms with Gasteiger partial charge in [0, 0.05) is 30.0 Å². The van der Waals surface area contributed by atoms with Crippen molar-refractivity contribution in [2.75, 3.05) is 5.73 Å². The molecule has 2 aromatic heterocycles. The number of aryl methyl sites for hydroxylation is 1. The van der Waals surface area contributed by atoms with E-state index in [4.69, 9.17) is 5.73 Å². The van der Waals surface area contributed by atoms with Gasteiger partial charge in [-0.05, 0) is 6.42 Å². The van der Waals surface area contributed by atoms with E-state index in [-0.39, 0.29) is 5.69 Å². The van der Waals surface area contributed by atoms with Crippen LogP contribution in [0.5, 0.6) is 0 Å². The maximum atomic E-state index is 11.8. The minimum Gasteiger partial charge on any atom is -0.375 e. The quantitative estimate of drug-likeness (QED) is 0.868. The second-order valence-electron chi connectivity index (χ2n) is 3.57. The van der Waals surface area contributed by atoms with Gasteiger partial charge in [-0.1, -0.05) is 6.92 Å². The highest BCUT2D eigenvalue weighted by atomic mass is 32.1. The van der Waals surface area contributed by atoms with E-state index in [2.05, 4.69) is 4.98 Å². The van der Waals surface area contributed by atoms with Gasteiger partial charge in [-0.3, -0.25) is 9.13 Å². The van der Waals surface area contributed by atoms with Gasteiger partial charge < -0.3 is 5.73 Å². The minimum atomic E-state index is 0.0221. The number of imidazole rings is 1. The van der Waals surface area contributed by atoms with Gasteiger partial charge in [0.25, 0.3) is 0 Å². The molecule has 0 aliphatic rings. The average Bonchev–Trinajstić information content (AvgIpc) is 2.80. The molecule has 0 aromatic carbocycles. The van der Waals surface area contributed by atoms with E-state index in [1.165, 1.54) is 11.3 Å². The number of hydrogen-bond donors (Lipinski definition) is 1. The van der Waals surface area contributed by atoms with Crippen LogP contribution in [0.2, 0.25) is 0 Å². The monoisotopic (exact) mass is 238 g/mol. The third kappa shape index (κ3) is 2.16. The topological polar surface area (TPSA) is 65.8 Å². The van der Waals surface area contributed by atoms with Gasteiger partial charge in [-0.2, -0.15) is 0 Å². The summed E-state index contributed by atoms with van der Waals surface area (Å²) < 4.78 is 3.38. The molecule has 0 saturated carbocycles. The first kappa shape index (κ1) is 10.9. The lowest BCUT2D eigenvalue weighted by Gasteiger charge is -1.98. The lowest BCUT2D eigenvalue weighted by molar-refractivity contribution is 0.625. The number of aromatic nitrogens is 3. The number of thiazole rings is 1. The largest absolute Gasteiger partial charge is 0.375 e. The summed E-state index contributed by atoms with van der Waals surface area (Å²) in [5.74, 6) is 0. The van der Waals surface area contributed by atoms with Crippen LogP contribution in [0.25, 0.3) is 0 Å². The Hall–Kier alpha value is -1.56. The molecule has 2 aromatic rings. The van der Waals surface area contributed by atoms with E-state index in [9.17, 15) is 4.79 Å². The Labute approximate surface area is 97.2 Å². The van der Waals surface area contributed by atoms with Gasteiger partial charge in [0.05, 0.1) is 6.54 Å². The average molecular weight is 238 g/mol. The summed E-state index contributed by atoms with van der Waals surface area (Å²) in [7, 11) is 0. The predicted octanol–water partition coefficient (Wildman–Crippen LogP) is 1.15. The van der Waals surface area contributed by atoms with Crippen LogP contribution in [0.15, 0.2) is 23.4 Å². The van der Waals surface area contributed by atoms with E-state index in [0.717, 1.165) is 17.8 Å². The third-order valence-corrected chi connectivity index (χ3v) is 3.09. The molecule has 0 spiro atoms. The van der Waals surface area contributed by atoms with Gasteiger partial charge in [-0.15, -0.1) is 11.3 Å². The number of rotatable bonds is 4. The summed E-state index contributed by atoms with van der Waals surface area (Å²) in [4.78, 5) is 16.8. The Morgan fingerprint density at radius 2 is 2.19 bits per heavy atom.